The summed E-state index contributed by atoms with van der Waals surface area (Å²) in [5.41, 5.74) is 1.37. The van der Waals surface area contributed by atoms with Gasteiger partial charge in [0.25, 0.3) is 0 Å². The fourth-order valence-electron chi connectivity index (χ4n) is 1.80. The van der Waals surface area contributed by atoms with Gasteiger partial charge in [-0.25, -0.2) is 0 Å². The van der Waals surface area contributed by atoms with Gasteiger partial charge in [-0.2, -0.15) is 0 Å². The van der Waals surface area contributed by atoms with E-state index in [-0.39, 0.29) is 5.75 Å². The van der Waals surface area contributed by atoms with E-state index >= 15 is 0 Å². The van der Waals surface area contributed by atoms with E-state index in [9.17, 15) is 5.11 Å². The zero-order valence-corrected chi connectivity index (χ0v) is 8.45. The minimum absolute atomic E-state index is 0.155. The highest BCUT2D eigenvalue weighted by Gasteiger charge is 2.10. The topological polar surface area (TPSA) is 33.4 Å². The van der Waals surface area contributed by atoms with Crippen molar-refractivity contribution in [3.8, 4) is 5.75 Å². The average Bonchev–Trinajstić information content (AvgIpc) is 2.54. The van der Waals surface area contributed by atoms with Crippen molar-refractivity contribution in [3.63, 3.8) is 0 Å². The van der Waals surface area contributed by atoms with Crippen LogP contribution in [0, 0.1) is 0 Å². The van der Waals surface area contributed by atoms with E-state index in [1.54, 1.807) is 6.07 Å². The van der Waals surface area contributed by atoms with Gasteiger partial charge in [0.15, 0.2) is 0 Å². The minimum Gasteiger partial charge on any atom is -0.507 e. The van der Waals surface area contributed by atoms with Crippen LogP contribution >= 0.6 is 11.6 Å². The van der Waals surface area contributed by atoms with Crippen LogP contribution in [0.15, 0.2) is 40.8 Å². The van der Waals surface area contributed by atoms with E-state index < -0.39 is 0 Å². The summed E-state index contributed by atoms with van der Waals surface area (Å²) in [6.45, 7) is 0. The zero-order chi connectivity index (χ0) is 10.4. The molecule has 0 amide bonds. The lowest BCUT2D eigenvalue weighted by atomic mass is 10.1. The van der Waals surface area contributed by atoms with Gasteiger partial charge in [-0.1, -0.05) is 29.8 Å². The predicted octanol–water partition coefficient (Wildman–Crippen LogP) is 3.95. The summed E-state index contributed by atoms with van der Waals surface area (Å²) in [6, 6.07) is 10.8. The first-order chi connectivity index (χ1) is 7.25. The van der Waals surface area contributed by atoms with Crippen molar-refractivity contribution in [3.05, 3.63) is 41.4 Å². The number of hydrogen-bond acceptors (Lipinski definition) is 2. The van der Waals surface area contributed by atoms with E-state index in [1.807, 2.05) is 24.3 Å². The molecule has 2 aromatic carbocycles. The Morgan fingerprint density at radius 1 is 1.07 bits per heavy atom. The molecule has 3 aromatic rings. The first-order valence-electron chi connectivity index (χ1n) is 4.55. The molecule has 3 rings (SSSR count). The van der Waals surface area contributed by atoms with Gasteiger partial charge in [-0.15, -0.1) is 0 Å². The molecular weight excluding hydrogens is 212 g/mol. The Bertz CT molecular complexity index is 655. The Morgan fingerprint density at radius 2 is 1.87 bits per heavy atom. The molecule has 1 aromatic heterocycles. The second-order valence-electron chi connectivity index (χ2n) is 3.40. The fourth-order valence-corrected chi connectivity index (χ4v) is 2.00. The summed E-state index contributed by atoms with van der Waals surface area (Å²) in [5.74, 6) is 0.155. The quantitative estimate of drug-likeness (QED) is 0.620. The number of fused-ring (bicyclic) bond motifs is 3. The van der Waals surface area contributed by atoms with E-state index in [2.05, 4.69) is 0 Å². The second kappa shape index (κ2) is 2.91. The van der Waals surface area contributed by atoms with Gasteiger partial charge >= 0.3 is 0 Å². The molecule has 0 radical (unpaired) electrons. The number of furan rings is 1. The molecule has 1 N–H and O–H groups in total. The van der Waals surface area contributed by atoms with Crippen molar-refractivity contribution in [2.45, 2.75) is 0 Å². The molecule has 3 heteroatoms. The minimum atomic E-state index is 0.155. The van der Waals surface area contributed by atoms with Crippen LogP contribution in [0.4, 0.5) is 0 Å². The molecule has 0 aliphatic carbocycles. The number of para-hydroxylation sites is 1. The number of hydrogen-bond donors (Lipinski definition) is 1. The molecule has 0 fully saturated rings. The second-order valence-corrected chi connectivity index (χ2v) is 3.83. The van der Waals surface area contributed by atoms with E-state index in [1.165, 1.54) is 6.07 Å². The van der Waals surface area contributed by atoms with E-state index in [4.69, 9.17) is 16.0 Å². The zero-order valence-electron chi connectivity index (χ0n) is 7.70. The number of phenols is 1. The molecule has 0 aliphatic rings. The van der Waals surface area contributed by atoms with Crippen LogP contribution in [0.5, 0.6) is 5.75 Å². The monoisotopic (exact) mass is 218 g/mol. The molecule has 0 unspecified atom stereocenters. The number of benzene rings is 2. The van der Waals surface area contributed by atoms with Crippen LogP contribution in [0.2, 0.25) is 5.02 Å². The van der Waals surface area contributed by atoms with Gasteiger partial charge in [-0.05, 0) is 12.1 Å². The first kappa shape index (κ1) is 8.62. The van der Waals surface area contributed by atoms with Crippen LogP contribution in [0.1, 0.15) is 0 Å². The van der Waals surface area contributed by atoms with Crippen molar-refractivity contribution < 1.29 is 9.52 Å². The lowest BCUT2D eigenvalue weighted by Crippen LogP contribution is -1.69. The Morgan fingerprint density at radius 3 is 2.73 bits per heavy atom. The highest BCUT2D eigenvalue weighted by molar-refractivity contribution is 6.32. The Kier molecular flexibility index (Phi) is 1.67. The van der Waals surface area contributed by atoms with Crippen molar-refractivity contribution in [1.82, 2.24) is 0 Å². The molecule has 0 aliphatic heterocycles. The van der Waals surface area contributed by atoms with E-state index in [0.717, 1.165) is 16.4 Å². The number of phenolic OH excluding ortho intramolecular Hbond substituents is 1. The lowest BCUT2D eigenvalue weighted by molar-refractivity contribution is 0.481. The summed E-state index contributed by atoms with van der Waals surface area (Å²) >= 11 is 5.83. The summed E-state index contributed by atoms with van der Waals surface area (Å²) in [7, 11) is 0. The number of halogens is 1. The van der Waals surface area contributed by atoms with E-state index in [0.29, 0.717) is 10.6 Å². The van der Waals surface area contributed by atoms with Gasteiger partial charge in [0.1, 0.15) is 16.9 Å². The lowest BCUT2D eigenvalue weighted by Gasteiger charge is -1.95. The van der Waals surface area contributed by atoms with Gasteiger partial charge in [0.05, 0.1) is 5.39 Å². The summed E-state index contributed by atoms with van der Waals surface area (Å²) in [5, 5.41) is 11.9. The molecule has 0 spiro atoms. The maximum atomic E-state index is 9.79. The van der Waals surface area contributed by atoms with Crippen molar-refractivity contribution in [2.75, 3.05) is 0 Å². The molecule has 0 saturated heterocycles. The number of rotatable bonds is 0. The van der Waals surface area contributed by atoms with Crippen LogP contribution < -0.4 is 0 Å². The Labute approximate surface area is 90.7 Å². The third-order valence-corrected chi connectivity index (χ3v) is 2.64. The summed E-state index contributed by atoms with van der Waals surface area (Å²) in [6.07, 6.45) is 0. The molecule has 1 heterocycles. The molecule has 15 heavy (non-hydrogen) atoms. The van der Waals surface area contributed by atoms with Crippen LogP contribution in [0.25, 0.3) is 21.9 Å². The highest BCUT2D eigenvalue weighted by Crippen LogP contribution is 2.36. The first-order valence-corrected chi connectivity index (χ1v) is 4.93. The van der Waals surface area contributed by atoms with Crippen molar-refractivity contribution in [2.24, 2.45) is 0 Å². The highest BCUT2D eigenvalue weighted by atomic mass is 35.5. The Balaban J connectivity index is 2.61. The number of aromatic hydroxyl groups is 1. The molecule has 0 saturated carbocycles. The fraction of sp³-hybridized carbons (Fsp3) is 0. The molecule has 74 valence electrons. The largest absolute Gasteiger partial charge is 0.507 e. The maximum absolute atomic E-state index is 9.79. The summed E-state index contributed by atoms with van der Waals surface area (Å²) < 4.78 is 5.57. The van der Waals surface area contributed by atoms with Gasteiger partial charge in [0.2, 0.25) is 0 Å². The SMILES string of the molecule is Oc1cc(Cl)cc2oc3ccccc3c12. The van der Waals surface area contributed by atoms with Crippen LogP contribution in [-0.4, -0.2) is 5.11 Å². The van der Waals surface area contributed by atoms with Crippen LogP contribution in [-0.2, 0) is 0 Å². The Hall–Kier alpha value is -1.67. The average molecular weight is 219 g/mol. The standard InChI is InChI=1S/C12H7ClO2/c13-7-5-9(14)12-8-3-1-2-4-10(8)15-11(12)6-7/h1-6,14H. The van der Waals surface area contributed by atoms with Gasteiger partial charge in [-0.3, -0.25) is 0 Å². The molecule has 2 nitrogen and oxygen atoms in total. The van der Waals surface area contributed by atoms with Crippen molar-refractivity contribution >= 4 is 33.5 Å². The third-order valence-electron chi connectivity index (χ3n) is 2.42. The predicted molar refractivity (Wildman–Crippen MR) is 60.4 cm³/mol. The van der Waals surface area contributed by atoms with Gasteiger partial charge in [0, 0.05) is 16.5 Å². The van der Waals surface area contributed by atoms with Gasteiger partial charge < -0.3 is 9.52 Å². The molecule has 0 atom stereocenters. The smallest absolute Gasteiger partial charge is 0.140 e. The normalized spacial score (nSPS) is 11.3. The maximum Gasteiger partial charge on any atom is 0.140 e. The molecular formula is C12H7ClO2. The van der Waals surface area contributed by atoms with Crippen LogP contribution in [0.3, 0.4) is 0 Å². The molecule has 0 bridgehead atoms. The third kappa shape index (κ3) is 1.18. The van der Waals surface area contributed by atoms with Crippen molar-refractivity contribution in [1.29, 1.82) is 0 Å². The summed E-state index contributed by atoms with van der Waals surface area (Å²) in [4.78, 5) is 0.